The molecule has 0 aromatic carbocycles. The van der Waals surface area contributed by atoms with Crippen molar-refractivity contribution in [2.75, 3.05) is 31.9 Å². The summed E-state index contributed by atoms with van der Waals surface area (Å²) in [4.78, 5) is 15.8. The number of thiazole rings is 1. The molecule has 0 saturated carbocycles. The number of hydrogen-bond donors (Lipinski definition) is 1. The van der Waals surface area contributed by atoms with Gasteiger partial charge >= 0.3 is 0 Å². The van der Waals surface area contributed by atoms with Crippen LogP contribution in [0.25, 0.3) is 10.7 Å². The van der Waals surface area contributed by atoms with E-state index >= 15 is 0 Å². The number of aromatic nitrogens is 3. The smallest absolute Gasteiger partial charge is 0.244 e. The molecule has 1 unspecified atom stereocenters. The van der Waals surface area contributed by atoms with Gasteiger partial charge < -0.3 is 10.3 Å². The molecule has 1 atom stereocenters. The molecule has 1 fully saturated rings. The summed E-state index contributed by atoms with van der Waals surface area (Å²) in [6.07, 6.45) is 1.87. The predicted molar refractivity (Wildman–Crippen MR) is 99.4 cm³/mol. The molecule has 0 aliphatic carbocycles. The summed E-state index contributed by atoms with van der Waals surface area (Å²) in [6, 6.07) is 4.13. The van der Waals surface area contributed by atoms with Gasteiger partial charge in [0, 0.05) is 43.8 Å². The van der Waals surface area contributed by atoms with E-state index in [4.69, 9.17) is 10.3 Å². The molecule has 7 nitrogen and oxygen atoms in total. The lowest BCUT2D eigenvalue weighted by atomic mass is 10.2. The fourth-order valence-corrected chi connectivity index (χ4v) is 4.37. The van der Waals surface area contributed by atoms with Crippen molar-refractivity contribution in [3.05, 3.63) is 34.5 Å². The van der Waals surface area contributed by atoms with Crippen molar-refractivity contribution < 1.29 is 4.52 Å². The first kappa shape index (κ1) is 16.6. The molecule has 4 rings (SSSR count). The van der Waals surface area contributed by atoms with E-state index in [2.05, 4.69) is 31.8 Å². The third kappa shape index (κ3) is 3.74. The van der Waals surface area contributed by atoms with Crippen LogP contribution in [0.3, 0.4) is 0 Å². The second-order valence-corrected chi connectivity index (χ2v) is 8.18. The summed E-state index contributed by atoms with van der Waals surface area (Å²) in [5.41, 5.74) is 5.71. The average Bonchev–Trinajstić information content (AvgIpc) is 3.36. The lowest BCUT2D eigenvalue weighted by Gasteiger charge is -2.36. The SMILES string of the molecule is CC(c1nc(-c2cccs2)no1)N1CCN(Cc2cnc(N)s2)CC1. The van der Waals surface area contributed by atoms with Gasteiger partial charge in [0.25, 0.3) is 0 Å². The Balaban J connectivity index is 1.34. The molecule has 1 aliphatic heterocycles. The highest BCUT2D eigenvalue weighted by molar-refractivity contribution is 7.15. The number of thiophene rings is 1. The van der Waals surface area contributed by atoms with Crippen LogP contribution >= 0.6 is 22.7 Å². The van der Waals surface area contributed by atoms with Gasteiger partial charge in [-0.05, 0) is 18.4 Å². The van der Waals surface area contributed by atoms with E-state index in [0.717, 1.165) is 37.6 Å². The Morgan fingerprint density at radius 3 is 2.84 bits per heavy atom. The Morgan fingerprint density at radius 1 is 1.32 bits per heavy atom. The summed E-state index contributed by atoms with van der Waals surface area (Å²) in [5, 5.41) is 6.78. The third-order valence-electron chi connectivity index (χ3n) is 4.45. The molecule has 25 heavy (non-hydrogen) atoms. The van der Waals surface area contributed by atoms with Gasteiger partial charge in [0.15, 0.2) is 5.13 Å². The molecule has 0 amide bonds. The molecular formula is C16H20N6OS2. The zero-order valence-corrected chi connectivity index (χ0v) is 15.6. The highest BCUT2D eigenvalue weighted by atomic mass is 32.1. The maximum absolute atomic E-state index is 5.71. The van der Waals surface area contributed by atoms with Crippen LogP contribution in [-0.4, -0.2) is 51.1 Å². The van der Waals surface area contributed by atoms with Crippen LogP contribution in [-0.2, 0) is 6.54 Å². The number of nitrogens with zero attached hydrogens (tertiary/aromatic N) is 5. The number of nitrogen functional groups attached to an aromatic ring is 1. The molecule has 2 N–H and O–H groups in total. The van der Waals surface area contributed by atoms with E-state index in [1.807, 2.05) is 23.7 Å². The first-order valence-electron chi connectivity index (χ1n) is 8.23. The standard InChI is InChI=1S/C16H20N6OS2/c1-11(15-19-14(20-23-15)13-3-2-8-24-13)22-6-4-21(5-7-22)10-12-9-18-16(17)25-12/h2-3,8-9,11H,4-7,10H2,1H3,(H2,17,18). The molecule has 4 heterocycles. The lowest BCUT2D eigenvalue weighted by Crippen LogP contribution is -2.46. The Hall–Kier alpha value is -1.81. The van der Waals surface area contributed by atoms with Crippen molar-refractivity contribution >= 4 is 27.8 Å². The van der Waals surface area contributed by atoms with Gasteiger partial charge in [0.1, 0.15) is 0 Å². The highest BCUT2D eigenvalue weighted by Gasteiger charge is 2.26. The summed E-state index contributed by atoms with van der Waals surface area (Å²) in [5.74, 6) is 1.37. The second-order valence-electron chi connectivity index (χ2n) is 6.09. The van der Waals surface area contributed by atoms with Crippen LogP contribution < -0.4 is 5.73 Å². The van der Waals surface area contributed by atoms with Gasteiger partial charge in [-0.2, -0.15) is 4.98 Å². The summed E-state index contributed by atoms with van der Waals surface area (Å²) in [7, 11) is 0. The van der Waals surface area contributed by atoms with Crippen LogP contribution in [0.4, 0.5) is 5.13 Å². The number of nitrogens with two attached hydrogens (primary N) is 1. The average molecular weight is 377 g/mol. The van der Waals surface area contributed by atoms with E-state index in [0.29, 0.717) is 16.8 Å². The van der Waals surface area contributed by atoms with E-state index in [1.165, 1.54) is 4.88 Å². The molecule has 3 aromatic heterocycles. The quantitative estimate of drug-likeness (QED) is 0.733. The zero-order valence-electron chi connectivity index (χ0n) is 14.0. The molecule has 9 heteroatoms. The Bertz CT molecular complexity index is 806. The maximum atomic E-state index is 5.71. The van der Waals surface area contributed by atoms with Crippen molar-refractivity contribution in [1.29, 1.82) is 0 Å². The van der Waals surface area contributed by atoms with Gasteiger partial charge in [0.2, 0.25) is 11.7 Å². The fraction of sp³-hybridized carbons (Fsp3) is 0.438. The number of rotatable bonds is 5. The van der Waals surface area contributed by atoms with Crippen molar-refractivity contribution in [2.45, 2.75) is 19.5 Å². The van der Waals surface area contributed by atoms with Gasteiger partial charge in [-0.3, -0.25) is 9.80 Å². The fourth-order valence-electron chi connectivity index (χ4n) is 2.99. The molecular weight excluding hydrogens is 356 g/mol. The number of piperazine rings is 1. The largest absolute Gasteiger partial charge is 0.375 e. The first-order chi connectivity index (χ1) is 12.2. The summed E-state index contributed by atoms with van der Waals surface area (Å²) >= 11 is 3.19. The van der Waals surface area contributed by atoms with Crippen LogP contribution in [0.5, 0.6) is 0 Å². The topological polar surface area (TPSA) is 84.3 Å². The van der Waals surface area contributed by atoms with Crippen LogP contribution in [0.1, 0.15) is 23.7 Å². The van der Waals surface area contributed by atoms with E-state index < -0.39 is 0 Å². The van der Waals surface area contributed by atoms with Crippen LogP contribution in [0.15, 0.2) is 28.2 Å². The normalized spacial score (nSPS) is 17.8. The van der Waals surface area contributed by atoms with Crippen molar-refractivity contribution in [3.8, 4) is 10.7 Å². The van der Waals surface area contributed by atoms with E-state index in [1.54, 1.807) is 22.7 Å². The molecule has 1 aliphatic rings. The van der Waals surface area contributed by atoms with Crippen LogP contribution in [0, 0.1) is 0 Å². The maximum Gasteiger partial charge on any atom is 0.244 e. The lowest BCUT2D eigenvalue weighted by molar-refractivity contribution is 0.0850. The monoisotopic (exact) mass is 376 g/mol. The minimum atomic E-state index is 0.127. The molecule has 0 bridgehead atoms. The van der Waals surface area contributed by atoms with Crippen LogP contribution in [0.2, 0.25) is 0 Å². The molecule has 1 saturated heterocycles. The van der Waals surface area contributed by atoms with Crippen molar-refractivity contribution in [2.24, 2.45) is 0 Å². The van der Waals surface area contributed by atoms with Crippen molar-refractivity contribution in [1.82, 2.24) is 24.9 Å². The summed E-state index contributed by atoms with van der Waals surface area (Å²) < 4.78 is 5.50. The van der Waals surface area contributed by atoms with E-state index in [-0.39, 0.29) is 6.04 Å². The molecule has 132 valence electrons. The van der Waals surface area contributed by atoms with Crippen molar-refractivity contribution in [3.63, 3.8) is 0 Å². The van der Waals surface area contributed by atoms with E-state index in [9.17, 15) is 0 Å². The minimum Gasteiger partial charge on any atom is -0.375 e. The first-order valence-corrected chi connectivity index (χ1v) is 9.93. The van der Waals surface area contributed by atoms with Gasteiger partial charge in [-0.15, -0.1) is 22.7 Å². The zero-order chi connectivity index (χ0) is 17.2. The number of hydrogen-bond acceptors (Lipinski definition) is 9. The third-order valence-corrected chi connectivity index (χ3v) is 6.12. The predicted octanol–water partition coefficient (Wildman–Crippen LogP) is 2.72. The van der Waals surface area contributed by atoms with Gasteiger partial charge in [-0.25, -0.2) is 4.98 Å². The molecule has 0 spiro atoms. The minimum absolute atomic E-state index is 0.127. The highest BCUT2D eigenvalue weighted by Crippen LogP contribution is 2.26. The Kier molecular flexibility index (Phi) is 4.80. The second kappa shape index (κ2) is 7.20. The van der Waals surface area contributed by atoms with Gasteiger partial charge in [0.05, 0.1) is 10.9 Å². The summed E-state index contributed by atoms with van der Waals surface area (Å²) in [6.45, 7) is 7.02. The molecule has 0 radical (unpaired) electrons. The Morgan fingerprint density at radius 2 is 2.16 bits per heavy atom. The molecule has 3 aromatic rings. The Labute approximate surface area is 154 Å². The number of anilines is 1. The van der Waals surface area contributed by atoms with Gasteiger partial charge in [-0.1, -0.05) is 11.2 Å².